The molecule has 0 bridgehead atoms. The van der Waals surface area contributed by atoms with Crippen molar-refractivity contribution in [3.8, 4) is 51.0 Å². The molecule has 0 amide bonds. The van der Waals surface area contributed by atoms with E-state index >= 15 is 0 Å². The zero-order chi connectivity index (χ0) is 18.1. The lowest BCUT2D eigenvalue weighted by Crippen LogP contribution is -1.86. The van der Waals surface area contributed by atoms with Crippen LogP contribution in [0, 0.1) is 0 Å². The molecule has 0 unspecified atom stereocenters. The highest BCUT2D eigenvalue weighted by Crippen LogP contribution is 2.43. The summed E-state index contributed by atoms with van der Waals surface area (Å²) in [6.07, 6.45) is 0. The molecular formula is C21H15NO4. The van der Waals surface area contributed by atoms with Crippen molar-refractivity contribution in [3.63, 3.8) is 0 Å². The fourth-order valence-electron chi connectivity index (χ4n) is 2.89. The van der Waals surface area contributed by atoms with Crippen LogP contribution in [0.5, 0.6) is 17.2 Å². The predicted molar refractivity (Wildman–Crippen MR) is 97.8 cm³/mol. The Kier molecular flexibility index (Phi) is 3.82. The Morgan fingerprint density at radius 1 is 0.692 bits per heavy atom. The number of aromatic hydroxyl groups is 3. The van der Waals surface area contributed by atoms with Gasteiger partial charge in [-0.3, -0.25) is 0 Å². The molecule has 0 aliphatic carbocycles. The van der Waals surface area contributed by atoms with E-state index in [0.29, 0.717) is 28.1 Å². The van der Waals surface area contributed by atoms with Gasteiger partial charge in [0.2, 0.25) is 0 Å². The number of benzene rings is 3. The zero-order valence-corrected chi connectivity index (χ0v) is 13.6. The smallest absolute Gasteiger partial charge is 0.175 e. The summed E-state index contributed by atoms with van der Waals surface area (Å²) in [5.41, 5.74) is 3.10. The van der Waals surface area contributed by atoms with Gasteiger partial charge in [0.15, 0.2) is 5.76 Å². The van der Waals surface area contributed by atoms with Gasteiger partial charge in [-0.15, -0.1) is 0 Å². The maximum absolute atomic E-state index is 10.2. The van der Waals surface area contributed by atoms with Gasteiger partial charge in [-0.25, -0.2) is 0 Å². The van der Waals surface area contributed by atoms with E-state index in [2.05, 4.69) is 5.16 Å². The Hall–Kier alpha value is -3.73. The molecule has 0 aliphatic heterocycles. The van der Waals surface area contributed by atoms with E-state index in [1.165, 1.54) is 0 Å². The van der Waals surface area contributed by atoms with Crippen LogP contribution in [0.2, 0.25) is 0 Å². The molecule has 5 heteroatoms. The van der Waals surface area contributed by atoms with Gasteiger partial charge in [-0.1, -0.05) is 41.6 Å². The van der Waals surface area contributed by atoms with Crippen LogP contribution in [-0.4, -0.2) is 20.5 Å². The van der Waals surface area contributed by atoms with Crippen LogP contribution in [0.4, 0.5) is 0 Å². The molecule has 0 radical (unpaired) electrons. The first-order valence-electron chi connectivity index (χ1n) is 8.00. The third-order valence-electron chi connectivity index (χ3n) is 4.12. The quantitative estimate of drug-likeness (QED) is 0.497. The zero-order valence-electron chi connectivity index (χ0n) is 13.6. The third kappa shape index (κ3) is 2.75. The molecule has 5 nitrogen and oxygen atoms in total. The minimum absolute atomic E-state index is 0.0864. The molecule has 26 heavy (non-hydrogen) atoms. The van der Waals surface area contributed by atoms with Crippen LogP contribution in [0.1, 0.15) is 0 Å². The average molecular weight is 345 g/mol. The van der Waals surface area contributed by atoms with Crippen molar-refractivity contribution < 1.29 is 19.8 Å². The van der Waals surface area contributed by atoms with Gasteiger partial charge < -0.3 is 19.8 Å². The molecule has 4 aromatic rings. The van der Waals surface area contributed by atoms with Crippen molar-refractivity contribution in [2.75, 3.05) is 0 Å². The minimum Gasteiger partial charge on any atom is -0.508 e. The molecule has 3 aromatic carbocycles. The second kappa shape index (κ2) is 6.29. The molecule has 0 fully saturated rings. The summed E-state index contributed by atoms with van der Waals surface area (Å²) in [5, 5.41) is 33.8. The summed E-state index contributed by atoms with van der Waals surface area (Å²) < 4.78 is 5.60. The predicted octanol–water partition coefficient (Wildman–Crippen LogP) is 4.79. The summed E-state index contributed by atoms with van der Waals surface area (Å²) in [6.45, 7) is 0. The summed E-state index contributed by atoms with van der Waals surface area (Å²) in [6, 6.07) is 20.2. The summed E-state index contributed by atoms with van der Waals surface area (Å²) >= 11 is 0. The van der Waals surface area contributed by atoms with Gasteiger partial charge >= 0.3 is 0 Å². The molecule has 0 spiro atoms. The molecular weight excluding hydrogens is 330 g/mol. The Labute approximate surface area is 149 Å². The highest BCUT2D eigenvalue weighted by molar-refractivity contribution is 5.91. The second-order valence-electron chi connectivity index (χ2n) is 5.85. The Balaban J connectivity index is 1.99. The van der Waals surface area contributed by atoms with Crippen molar-refractivity contribution in [2.45, 2.75) is 0 Å². The first-order valence-corrected chi connectivity index (χ1v) is 8.00. The fourth-order valence-corrected chi connectivity index (χ4v) is 2.89. The van der Waals surface area contributed by atoms with E-state index in [4.69, 9.17) is 4.52 Å². The summed E-state index contributed by atoms with van der Waals surface area (Å²) in [5.74, 6) is 0.806. The number of aromatic nitrogens is 1. The average Bonchev–Trinajstić information content (AvgIpc) is 3.07. The summed E-state index contributed by atoms with van der Waals surface area (Å²) in [7, 11) is 0. The SMILES string of the molecule is Oc1ccc(-c2c(-c3ccccc3O)noc2-c2cccc(O)c2)cc1. The van der Waals surface area contributed by atoms with E-state index in [0.717, 1.165) is 5.56 Å². The molecule has 3 N–H and O–H groups in total. The molecule has 0 saturated heterocycles. The van der Waals surface area contributed by atoms with E-state index in [1.54, 1.807) is 72.8 Å². The van der Waals surface area contributed by atoms with Crippen molar-refractivity contribution >= 4 is 0 Å². The topological polar surface area (TPSA) is 86.7 Å². The van der Waals surface area contributed by atoms with Crippen LogP contribution in [0.25, 0.3) is 33.7 Å². The van der Waals surface area contributed by atoms with E-state index in [9.17, 15) is 15.3 Å². The number of nitrogens with zero attached hydrogens (tertiary/aromatic N) is 1. The highest BCUT2D eigenvalue weighted by Gasteiger charge is 2.22. The van der Waals surface area contributed by atoms with Gasteiger partial charge in [0.05, 0.1) is 5.56 Å². The van der Waals surface area contributed by atoms with Crippen molar-refractivity contribution in [3.05, 3.63) is 72.8 Å². The first-order chi connectivity index (χ1) is 12.6. The Morgan fingerprint density at radius 3 is 2.19 bits per heavy atom. The van der Waals surface area contributed by atoms with Crippen molar-refractivity contribution in [1.82, 2.24) is 5.16 Å². The Morgan fingerprint density at radius 2 is 1.46 bits per heavy atom. The van der Waals surface area contributed by atoms with Gasteiger partial charge in [0.25, 0.3) is 0 Å². The number of hydrogen-bond acceptors (Lipinski definition) is 5. The van der Waals surface area contributed by atoms with Crippen molar-refractivity contribution in [2.24, 2.45) is 0 Å². The van der Waals surface area contributed by atoms with Gasteiger partial charge in [-0.05, 0) is 42.0 Å². The first kappa shape index (κ1) is 15.8. The van der Waals surface area contributed by atoms with Crippen LogP contribution < -0.4 is 0 Å². The lowest BCUT2D eigenvalue weighted by atomic mass is 9.96. The molecule has 0 aliphatic rings. The second-order valence-corrected chi connectivity index (χ2v) is 5.85. The van der Waals surface area contributed by atoms with Crippen LogP contribution >= 0.6 is 0 Å². The molecule has 128 valence electrons. The number of phenolic OH excluding ortho intramolecular Hbond substituents is 3. The van der Waals surface area contributed by atoms with Gasteiger partial charge in [0, 0.05) is 11.1 Å². The van der Waals surface area contributed by atoms with E-state index in [1.807, 2.05) is 0 Å². The largest absolute Gasteiger partial charge is 0.508 e. The number of phenols is 3. The minimum atomic E-state index is 0.0864. The van der Waals surface area contributed by atoms with E-state index in [-0.39, 0.29) is 17.2 Å². The third-order valence-corrected chi connectivity index (χ3v) is 4.12. The monoisotopic (exact) mass is 345 g/mol. The number of hydrogen-bond donors (Lipinski definition) is 3. The summed E-state index contributed by atoms with van der Waals surface area (Å²) in [4.78, 5) is 0. The lowest BCUT2D eigenvalue weighted by Gasteiger charge is -2.07. The van der Waals surface area contributed by atoms with Crippen LogP contribution in [-0.2, 0) is 0 Å². The Bertz CT molecular complexity index is 1070. The van der Waals surface area contributed by atoms with Crippen molar-refractivity contribution in [1.29, 1.82) is 0 Å². The highest BCUT2D eigenvalue weighted by atomic mass is 16.5. The maximum atomic E-state index is 10.2. The van der Waals surface area contributed by atoms with Crippen LogP contribution in [0.3, 0.4) is 0 Å². The lowest BCUT2D eigenvalue weighted by molar-refractivity contribution is 0.432. The van der Waals surface area contributed by atoms with Gasteiger partial charge in [0.1, 0.15) is 22.9 Å². The van der Waals surface area contributed by atoms with Gasteiger partial charge in [-0.2, -0.15) is 0 Å². The molecule has 4 rings (SSSR count). The molecule has 0 saturated carbocycles. The molecule has 1 aromatic heterocycles. The number of rotatable bonds is 3. The van der Waals surface area contributed by atoms with E-state index < -0.39 is 0 Å². The standard InChI is InChI=1S/C21H15NO4/c23-15-10-8-13(9-11-15)19-20(17-6-1-2-7-18(17)25)22-26-21(19)14-4-3-5-16(24)12-14/h1-12,23-25H. The maximum Gasteiger partial charge on any atom is 0.175 e. The fraction of sp³-hybridized carbons (Fsp3) is 0. The van der Waals surface area contributed by atoms with Crippen LogP contribution in [0.15, 0.2) is 77.3 Å². The normalized spacial score (nSPS) is 10.8. The molecule has 1 heterocycles. The molecule has 0 atom stereocenters. The number of para-hydroxylation sites is 1.